The molecule has 260 valence electrons. The van der Waals surface area contributed by atoms with E-state index in [0.29, 0.717) is 30.2 Å². The molecule has 9 nitrogen and oxygen atoms in total. The number of rotatable bonds is 15. The normalized spacial score (nSPS) is 11.9. The Bertz CT molecular complexity index is 2120. The Kier molecular flexibility index (Phi) is 11.7. The Morgan fingerprint density at radius 2 is 1.60 bits per heavy atom. The van der Waals surface area contributed by atoms with E-state index in [1.165, 1.54) is 5.56 Å². The van der Waals surface area contributed by atoms with Crippen molar-refractivity contribution in [2.24, 2.45) is 12.0 Å². The highest BCUT2D eigenvalue weighted by molar-refractivity contribution is 7.88. The lowest BCUT2D eigenvalue weighted by Gasteiger charge is -2.24. The van der Waals surface area contributed by atoms with Crippen molar-refractivity contribution in [3.05, 3.63) is 114 Å². The van der Waals surface area contributed by atoms with Gasteiger partial charge in [-0.3, -0.25) is 9.59 Å². The standard InChI is InChI=1S/C40H45N5O4S/c1-6-8-14-29-19-21-31(22-20-29)42-40(47)37(43-34-24-23-32(27-28(34)3)45(7-2)26-25-41-50(5,48)49)39(46)38-36(30-15-10-9-11-16-30)33-17-12-13-18-35(33)44(38)4/h9-13,15-24,27,41H,6-8,14,25-26H2,1-5H3,(H,42,47). The van der Waals surface area contributed by atoms with Crippen molar-refractivity contribution in [2.75, 3.05) is 36.1 Å². The predicted octanol–water partition coefficient (Wildman–Crippen LogP) is 7.47. The summed E-state index contributed by atoms with van der Waals surface area (Å²) >= 11 is 0. The van der Waals surface area contributed by atoms with Crippen LogP contribution in [0.5, 0.6) is 0 Å². The zero-order valence-electron chi connectivity index (χ0n) is 29.4. The number of unbranched alkanes of at least 4 members (excludes halogenated alkanes) is 1. The monoisotopic (exact) mass is 691 g/mol. The molecule has 0 aliphatic rings. The van der Waals surface area contributed by atoms with Crippen LogP contribution in [-0.4, -0.2) is 56.3 Å². The fourth-order valence-corrected chi connectivity index (χ4v) is 6.58. The predicted molar refractivity (Wildman–Crippen MR) is 205 cm³/mol. The van der Waals surface area contributed by atoms with Crippen LogP contribution in [0.4, 0.5) is 17.1 Å². The molecule has 5 rings (SSSR count). The number of ketones is 1. The number of hydrogen-bond donors (Lipinski definition) is 2. The third kappa shape index (κ3) is 8.56. The van der Waals surface area contributed by atoms with E-state index >= 15 is 0 Å². The van der Waals surface area contributed by atoms with E-state index in [0.717, 1.165) is 58.8 Å². The van der Waals surface area contributed by atoms with Gasteiger partial charge in [-0.15, -0.1) is 0 Å². The molecule has 0 unspecified atom stereocenters. The average Bonchev–Trinajstić information content (AvgIpc) is 3.41. The highest BCUT2D eigenvalue weighted by atomic mass is 32.2. The molecule has 0 saturated heterocycles. The summed E-state index contributed by atoms with van der Waals surface area (Å²) in [6.07, 6.45) is 4.27. The number of Topliss-reactive ketones (excluding diaryl/α,β-unsaturated/α-hetero) is 1. The van der Waals surface area contributed by atoms with Gasteiger partial charge in [0.15, 0.2) is 5.71 Å². The molecule has 0 aliphatic heterocycles. The lowest BCUT2D eigenvalue weighted by atomic mass is 9.98. The molecule has 0 spiro atoms. The van der Waals surface area contributed by atoms with Gasteiger partial charge in [-0.05, 0) is 79.8 Å². The molecule has 50 heavy (non-hydrogen) atoms. The van der Waals surface area contributed by atoms with Crippen LogP contribution < -0.4 is 14.9 Å². The van der Waals surface area contributed by atoms with E-state index < -0.39 is 21.7 Å². The smallest absolute Gasteiger partial charge is 0.278 e. The minimum atomic E-state index is -3.31. The highest BCUT2D eigenvalue weighted by Crippen LogP contribution is 2.35. The van der Waals surface area contributed by atoms with E-state index in [-0.39, 0.29) is 12.3 Å². The number of aryl methyl sites for hydroxylation is 3. The first-order valence-corrected chi connectivity index (χ1v) is 18.9. The Morgan fingerprint density at radius 1 is 0.900 bits per heavy atom. The van der Waals surface area contributed by atoms with Gasteiger partial charge >= 0.3 is 0 Å². The molecule has 4 aromatic carbocycles. The molecule has 0 fully saturated rings. The maximum Gasteiger partial charge on any atom is 0.278 e. The number of benzene rings is 4. The van der Waals surface area contributed by atoms with Crippen molar-refractivity contribution in [1.82, 2.24) is 9.29 Å². The quantitative estimate of drug-likeness (QED) is 0.0672. The molecule has 0 atom stereocenters. The third-order valence-electron chi connectivity index (χ3n) is 8.75. The van der Waals surface area contributed by atoms with Crippen molar-refractivity contribution in [1.29, 1.82) is 0 Å². The van der Waals surface area contributed by atoms with Crippen LogP contribution in [0.15, 0.2) is 102 Å². The van der Waals surface area contributed by atoms with E-state index in [4.69, 9.17) is 4.99 Å². The minimum absolute atomic E-state index is 0.233. The van der Waals surface area contributed by atoms with Gasteiger partial charge in [-0.25, -0.2) is 18.1 Å². The van der Waals surface area contributed by atoms with Gasteiger partial charge < -0.3 is 14.8 Å². The van der Waals surface area contributed by atoms with Crippen LogP contribution in [-0.2, 0) is 28.3 Å². The SMILES string of the molecule is CCCCc1ccc(NC(=O)C(=Nc2ccc(N(CC)CCNS(C)(=O)=O)cc2C)C(=O)c2c(-c3ccccc3)c3ccccc3n2C)cc1. The summed E-state index contributed by atoms with van der Waals surface area (Å²) in [5.74, 6) is -1.10. The van der Waals surface area contributed by atoms with Crippen LogP contribution >= 0.6 is 0 Å². The fourth-order valence-electron chi connectivity index (χ4n) is 6.12. The Morgan fingerprint density at radius 3 is 2.26 bits per heavy atom. The number of fused-ring (bicyclic) bond motifs is 1. The molecule has 0 aliphatic carbocycles. The third-order valence-corrected chi connectivity index (χ3v) is 9.48. The molecule has 0 radical (unpaired) electrons. The maximum absolute atomic E-state index is 14.8. The summed E-state index contributed by atoms with van der Waals surface area (Å²) in [5, 5.41) is 3.84. The van der Waals surface area contributed by atoms with Crippen molar-refractivity contribution in [3.63, 3.8) is 0 Å². The molecule has 10 heteroatoms. The summed E-state index contributed by atoms with van der Waals surface area (Å²) in [5.41, 5.74) is 6.47. The second-order valence-corrected chi connectivity index (χ2v) is 14.3. The molecule has 1 heterocycles. The number of carbonyl (C=O) groups is 2. The van der Waals surface area contributed by atoms with Gasteiger partial charge in [0, 0.05) is 54.5 Å². The first-order chi connectivity index (χ1) is 24.0. The van der Waals surface area contributed by atoms with E-state index in [1.54, 1.807) is 6.07 Å². The fraction of sp³-hybridized carbons (Fsp3) is 0.275. The van der Waals surface area contributed by atoms with E-state index in [9.17, 15) is 18.0 Å². The lowest BCUT2D eigenvalue weighted by molar-refractivity contribution is -0.110. The van der Waals surface area contributed by atoms with Crippen molar-refractivity contribution < 1.29 is 18.0 Å². The van der Waals surface area contributed by atoms with E-state index in [2.05, 4.69) is 17.0 Å². The van der Waals surface area contributed by atoms with Crippen molar-refractivity contribution in [2.45, 2.75) is 40.0 Å². The molecule has 1 amide bonds. The van der Waals surface area contributed by atoms with Crippen LogP contribution in [0.1, 0.15) is 48.3 Å². The average molecular weight is 692 g/mol. The highest BCUT2D eigenvalue weighted by Gasteiger charge is 2.30. The van der Waals surface area contributed by atoms with Crippen LogP contribution in [0.25, 0.3) is 22.0 Å². The second kappa shape index (κ2) is 16.1. The molecule has 0 saturated carbocycles. The molecule has 1 aromatic heterocycles. The minimum Gasteiger partial charge on any atom is -0.370 e. The first-order valence-electron chi connectivity index (χ1n) is 17.0. The van der Waals surface area contributed by atoms with E-state index in [1.807, 2.05) is 121 Å². The zero-order chi connectivity index (χ0) is 35.8. The van der Waals surface area contributed by atoms with Gasteiger partial charge in [0.05, 0.1) is 11.9 Å². The number of para-hydroxylation sites is 1. The van der Waals surface area contributed by atoms with Crippen LogP contribution in [0.2, 0.25) is 0 Å². The molecular formula is C40H45N5O4S. The first kappa shape index (κ1) is 36.2. The number of sulfonamides is 1. The Balaban J connectivity index is 1.58. The number of hydrogen-bond acceptors (Lipinski definition) is 6. The summed E-state index contributed by atoms with van der Waals surface area (Å²) in [6, 6.07) is 30.8. The van der Waals surface area contributed by atoms with Crippen molar-refractivity contribution >= 4 is 55.4 Å². The Labute approximate surface area is 295 Å². The largest absolute Gasteiger partial charge is 0.370 e. The van der Waals surface area contributed by atoms with Crippen LogP contribution in [0.3, 0.4) is 0 Å². The van der Waals surface area contributed by atoms with Gasteiger partial charge in [0.2, 0.25) is 15.8 Å². The summed E-state index contributed by atoms with van der Waals surface area (Å²) in [4.78, 5) is 35.8. The number of aliphatic imine (C=N–C) groups is 1. The lowest BCUT2D eigenvalue weighted by Crippen LogP contribution is -2.34. The summed E-state index contributed by atoms with van der Waals surface area (Å²) < 4.78 is 27.5. The number of aromatic nitrogens is 1. The number of nitrogens with zero attached hydrogens (tertiary/aromatic N) is 3. The van der Waals surface area contributed by atoms with Gasteiger partial charge in [-0.2, -0.15) is 0 Å². The van der Waals surface area contributed by atoms with Gasteiger partial charge in [-0.1, -0.05) is 74.0 Å². The molecule has 0 bridgehead atoms. The number of carbonyl (C=O) groups excluding carboxylic acids is 2. The summed E-state index contributed by atoms with van der Waals surface area (Å²) in [6.45, 7) is 7.41. The number of nitrogens with one attached hydrogen (secondary N) is 2. The molecule has 5 aromatic rings. The Hall–Kier alpha value is -5.06. The second-order valence-electron chi connectivity index (χ2n) is 12.4. The van der Waals surface area contributed by atoms with Gasteiger partial charge in [0.1, 0.15) is 5.69 Å². The van der Waals surface area contributed by atoms with Gasteiger partial charge in [0.25, 0.3) is 5.91 Å². The topological polar surface area (TPSA) is 113 Å². The zero-order valence-corrected chi connectivity index (χ0v) is 30.2. The molecule has 2 N–H and O–H groups in total. The molecular weight excluding hydrogens is 647 g/mol. The number of anilines is 2. The van der Waals surface area contributed by atoms with Crippen LogP contribution in [0, 0.1) is 6.92 Å². The summed E-state index contributed by atoms with van der Waals surface area (Å²) in [7, 11) is -1.47. The number of amides is 1. The van der Waals surface area contributed by atoms with Crippen molar-refractivity contribution in [3.8, 4) is 11.1 Å². The number of likely N-dealkylation sites (N-methyl/N-ethyl adjacent to an activating group) is 1. The maximum atomic E-state index is 14.8.